The molecule has 3 rings (SSSR count). The van der Waals surface area contributed by atoms with Crippen LogP contribution in [0.1, 0.15) is 21.8 Å². The van der Waals surface area contributed by atoms with Gasteiger partial charge in [0.2, 0.25) is 11.7 Å². The van der Waals surface area contributed by atoms with Crippen LogP contribution in [-0.4, -0.2) is 41.7 Å². The highest BCUT2D eigenvalue weighted by Crippen LogP contribution is 2.24. The fourth-order valence-corrected chi connectivity index (χ4v) is 2.87. The molecule has 0 saturated heterocycles. The summed E-state index contributed by atoms with van der Waals surface area (Å²) in [5.74, 6) is 1.67. The number of amides is 1. The van der Waals surface area contributed by atoms with Crippen molar-refractivity contribution >= 4 is 5.91 Å². The summed E-state index contributed by atoms with van der Waals surface area (Å²) in [7, 11) is 3.08. The van der Waals surface area contributed by atoms with E-state index in [4.69, 9.17) is 14.0 Å². The average Bonchev–Trinajstić information content (AvgIpc) is 3.21. The van der Waals surface area contributed by atoms with Crippen LogP contribution in [0.5, 0.6) is 11.5 Å². The molecule has 0 atom stereocenters. The van der Waals surface area contributed by atoms with Crippen molar-refractivity contribution in [1.29, 1.82) is 0 Å². The van der Waals surface area contributed by atoms with E-state index in [1.54, 1.807) is 29.2 Å². The predicted molar refractivity (Wildman–Crippen MR) is 109 cm³/mol. The number of rotatable bonds is 8. The van der Waals surface area contributed by atoms with Crippen molar-refractivity contribution in [3.63, 3.8) is 0 Å². The minimum atomic E-state index is -0.225. The van der Waals surface area contributed by atoms with Gasteiger partial charge in [-0.05, 0) is 25.1 Å². The zero-order valence-electron chi connectivity index (χ0n) is 16.7. The van der Waals surface area contributed by atoms with Gasteiger partial charge in [-0.25, -0.2) is 0 Å². The first kappa shape index (κ1) is 20.1. The van der Waals surface area contributed by atoms with Gasteiger partial charge in [-0.3, -0.25) is 4.79 Å². The van der Waals surface area contributed by atoms with Crippen molar-refractivity contribution in [1.82, 2.24) is 15.0 Å². The Bertz CT molecular complexity index is 991. The maximum atomic E-state index is 13.1. The number of methoxy groups -OCH3 is 2. The summed E-state index contributed by atoms with van der Waals surface area (Å²) in [6.45, 7) is 6.21. The number of aryl methyl sites for hydroxylation is 1. The Labute approximate surface area is 169 Å². The van der Waals surface area contributed by atoms with E-state index in [0.717, 1.165) is 11.1 Å². The average molecular weight is 393 g/mol. The van der Waals surface area contributed by atoms with Gasteiger partial charge in [-0.15, -0.1) is 6.58 Å². The number of nitrogens with zero attached hydrogens (tertiary/aromatic N) is 3. The van der Waals surface area contributed by atoms with E-state index < -0.39 is 0 Å². The third-order valence-electron chi connectivity index (χ3n) is 4.31. The van der Waals surface area contributed by atoms with Gasteiger partial charge in [0.1, 0.15) is 18.0 Å². The van der Waals surface area contributed by atoms with Gasteiger partial charge >= 0.3 is 0 Å². The molecule has 0 aliphatic heterocycles. The van der Waals surface area contributed by atoms with E-state index in [1.165, 1.54) is 14.2 Å². The molecule has 1 amide bonds. The van der Waals surface area contributed by atoms with Gasteiger partial charge < -0.3 is 18.9 Å². The molecule has 7 nitrogen and oxygen atoms in total. The Kier molecular flexibility index (Phi) is 6.29. The summed E-state index contributed by atoms with van der Waals surface area (Å²) in [4.78, 5) is 19.1. The van der Waals surface area contributed by atoms with Gasteiger partial charge in [0.05, 0.1) is 14.2 Å². The monoisotopic (exact) mass is 393 g/mol. The number of carbonyl (C=O) groups is 1. The van der Waals surface area contributed by atoms with Crippen molar-refractivity contribution in [2.45, 2.75) is 13.5 Å². The molecule has 7 heteroatoms. The standard InChI is InChI=1S/C22H23N3O4/c1-5-9-25(22(26)17-11-18(27-3)13-19(12-17)28-4)14-20-23-21(24-29-20)16-8-6-7-15(2)10-16/h5-8,10-13H,1,9,14H2,2-4H3. The van der Waals surface area contributed by atoms with Crippen molar-refractivity contribution < 1.29 is 18.8 Å². The van der Waals surface area contributed by atoms with Crippen molar-refractivity contribution in [2.75, 3.05) is 20.8 Å². The first-order chi connectivity index (χ1) is 14.0. The number of aromatic nitrogens is 2. The first-order valence-corrected chi connectivity index (χ1v) is 9.07. The molecule has 0 aliphatic rings. The number of ether oxygens (including phenoxy) is 2. The lowest BCUT2D eigenvalue weighted by Crippen LogP contribution is -2.30. The Morgan fingerprint density at radius 3 is 2.52 bits per heavy atom. The summed E-state index contributed by atoms with van der Waals surface area (Å²) in [6, 6.07) is 12.9. The molecule has 0 spiro atoms. The van der Waals surface area contributed by atoms with E-state index >= 15 is 0 Å². The SMILES string of the molecule is C=CCN(Cc1nc(-c2cccc(C)c2)no1)C(=O)c1cc(OC)cc(OC)c1. The molecule has 0 N–H and O–H groups in total. The predicted octanol–water partition coefficient (Wildman–Crippen LogP) is 3.89. The Hall–Kier alpha value is -3.61. The minimum Gasteiger partial charge on any atom is -0.497 e. The van der Waals surface area contributed by atoms with Crippen LogP contribution in [0.3, 0.4) is 0 Å². The summed E-state index contributed by atoms with van der Waals surface area (Å²) in [5, 5.41) is 4.04. The molecule has 150 valence electrons. The van der Waals surface area contributed by atoms with Gasteiger partial charge in [-0.1, -0.05) is 35.0 Å². The third-order valence-corrected chi connectivity index (χ3v) is 4.31. The molecule has 0 aliphatic carbocycles. The van der Waals surface area contributed by atoms with Crippen LogP contribution >= 0.6 is 0 Å². The van der Waals surface area contributed by atoms with Crippen molar-refractivity contribution in [3.05, 3.63) is 72.1 Å². The van der Waals surface area contributed by atoms with E-state index in [1.807, 2.05) is 31.2 Å². The lowest BCUT2D eigenvalue weighted by Gasteiger charge is -2.20. The second kappa shape index (κ2) is 9.05. The minimum absolute atomic E-state index is 0.156. The van der Waals surface area contributed by atoms with E-state index in [9.17, 15) is 4.79 Å². The largest absolute Gasteiger partial charge is 0.497 e. The van der Waals surface area contributed by atoms with Crippen LogP contribution in [0.2, 0.25) is 0 Å². The fraction of sp³-hybridized carbons (Fsp3) is 0.227. The van der Waals surface area contributed by atoms with Crippen LogP contribution in [0.4, 0.5) is 0 Å². The molecular weight excluding hydrogens is 370 g/mol. The van der Waals surface area contributed by atoms with E-state index in [0.29, 0.717) is 35.3 Å². The summed E-state index contributed by atoms with van der Waals surface area (Å²) >= 11 is 0. The van der Waals surface area contributed by atoms with Crippen molar-refractivity contribution in [3.8, 4) is 22.9 Å². The molecule has 3 aromatic rings. The fourth-order valence-electron chi connectivity index (χ4n) is 2.87. The van der Waals surface area contributed by atoms with Crippen LogP contribution in [0.15, 0.2) is 59.6 Å². The van der Waals surface area contributed by atoms with E-state index in [-0.39, 0.29) is 12.5 Å². The second-order valence-corrected chi connectivity index (χ2v) is 6.46. The third kappa shape index (κ3) is 4.82. The molecule has 1 aromatic heterocycles. The molecule has 29 heavy (non-hydrogen) atoms. The van der Waals surface area contributed by atoms with Gasteiger partial charge in [0.15, 0.2) is 0 Å². The van der Waals surface area contributed by atoms with Crippen LogP contribution in [-0.2, 0) is 6.54 Å². The number of hydrogen-bond acceptors (Lipinski definition) is 6. The van der Waals surface area contributed by atoms with E-state index in [2.05, 4.69) is 16.7 Å². The number of carbonyl (C=O) groups excluding carboxylic acids is 1. The molecule has 2 aromatic carbocycles. The summed E-state index contributed by atoms with van der Waals surface area (Å²) in [6.07, 6.45) is 1.65. The molecule has 0 saturated carbocycles. The molecule has 0 fully saturated rings. The highest BCUT2D eigenvalue weighted by molar-refractivity contribution is 5.95. The molecule has 0 bridgehead atoms. The van der Waals surface area contributed by atoms with Crippen LogP contribution < -0.4 is 9.47 Å². The van der Waals surface area contributed by atoms with Gasteiger partial charge in [0.25, 0.3) is 5.91 Å². The second-order valence-electron chi connectivity index (χ2n) is 6.46. The zero-order chi connectivity index (χ0) is 20.8. The van der Waals surface area contributed by atoms with Crippen LogP contribution in [0.25, 0.3) is 11.4 Å². The number of benzene rings is 2. The Balaban J connectivity index is 1.84. The topological polar surface area (TPSA) is 77.7 Å². The lowest BCUT2D eigenvalue weighted by atomic mass is 10.1. The number of hydrogen-bond donors (Lipinski definition) is 0. The Morgan fingerprint density at radius 1 is 1.17 bits per heavy atom. The normalized spacial score (nSPS) is 10.4. The quantitative estimate of drug-likeness (QED) is 0.540. The molecular formula is C22H23N3O4. The molecule has 0 unspecified atom stereocenters. The highest BCUT2D eigenvalue weighted by Gasteiger charge is 2.20. The maximum absolute atomic E-state index is 13.1. The molecule has 1 heterocycles. The van der Waals surface area contributed by atoms with Gasteiger partial charge in [0, 0.05) is 23.7 Å². The molecule has 0 radical (unpaired) electrons. The Morgan fingerprint density at radius 2 is 1.90 bits per heavy atom. The summed E-state index contributed by atoms with van der Waals surface area (Å²) < 4.78 is 15.9. The highest BCUT2D eigenvalue weighted by atomic mass is 16.5. The van der Waals surface area contributed by atoms with Crippen LogP contribution in [0, 0.1) is 6.92 Å². The lowest BCUT2D eigenvalue weighted by molar-refractivity contribution is 0.0744. The van der Waals surface area contributed by atoms with Crippen molar-refractivity contribution in [2.24, 2.45) is 0 Å². The van der Waals surface area contributed by atoms with Gasteiger partial charge in [-0.2, -0.15) is 4.98 Å². The zero-order valence-corrected chi connectivity index (χ0v) is 16.7. The summed E-state index contributed by atoms with van der Waals surface area (Å²) in [5.41, 5.74) is 2.39. The smallest absolute Gasteiger partial charge is 0.254 e. The maximum Gasteiger partial charge on any atom is 0.254 e. The first-order valence-electron chi connectivity index (χ1n) is 9.07.